The Morgan fingerprint density at radius 2 is 2.15 bits per heavy atom. The van der Waals surface area contributed by atoms with Crippen LogP contribution in [0.4, 0.5) is 0 Å². The van der Waals surface area contributed by atoms with Crippen molar-refractivity contribution in [3.63, 3.8) is 0 Å². The van der Waals surface area contributed by atoms with Crippen molar-refractivity contribution in [3.8, 4) is 5.75 Å². The summed E-state index contributed by atoms with van der Waals surface area (Å²) in [6, 6.07) is 3.26. The Hall–Kier alpha value is -1.28. The van der Waals surface area contributed by atoms with Gasteiger partial charge in [-0.15, -0.1) is 0 Å². The normalized spacial score (nSPS) is 10.6. The largest absolute Gasteiger partial charge is 0.507 e. The highest BCUT2D eigenvalue weighted by atomic mass is 35.5. The molecule has 0 unspecified atom stereocenters. The van der Waals surface area contributed by atoms with E-state index in [1.165, 1.54) is 12.2 Å². The Labute approximate surface area is 81.5 Å². The molecule has 1 aromatic carbocycles. The molecule has 0 aliphatic carbocycles. The van der Waals surface area contributed by atoms with Gasteiger partial charge in [-0.2, -0.15) is 0 Å². The van der Waals surface area contributed by atoms with Crippen LogP contribution in [0.1, 0.15) is 11.1 Å². The first-order chi connectivity index (χ1) is 6.15. The molecule has 0 radical (unpaired) electrons. The van der Waals surface area contributed by atoms with Crippen molar-refractivity contribution in [1.29, 1.82) is 0 Å². The van der Waals surface area contributed by atoms with Crippen LogP contribution >= 0.6 is 11.6 Å². The van der Waals surface area contributed by atoms with Crippen LogP contribution in [0.3, 0.4) is 0 Å². The predicted molar refractivity (Wildman–Crippen MR) is 53.0 cm³/mol. The monoisotopic (exact) mass is 196 g/mol. The predicted octanol–water partition coefficient (Wildman–Crippen LogP) is 2.57. The van der Waals surface area contributed by atoms with Crippen molar-refractivity contribution in [3.05, 3.63) is 34.4 Å². The summed E-state index contributed by atoms with van der Waals surface area (Å²) in [6.45, 7) is 1.75. The molecular formula is C10H9ClO2. The molecule has 0 aromatic heterocycles. The second-order valence-corrected chi connectivity index (χ2v) is 3.09. The number of benzene rings is 1. The summed E-state index contributed by atoms with van der Waals surface area (Å²) in [5.41, 5.74) is 1.25. The lowest BCUT2D eigenvalue weighted by Gasteiger charge is -2.03. The van der Waals surface area contributed by atoms with Gasteiger partial charge in [-0.25, -0.2) is 0 Å². The highest BCUT2D eigenvalue weighted by molar-refractivity contribution is 6.30. The zero-order valence-electron chi connectivity index (χ0n) is 7.12. The second-order valence-electron chi connectivity index (χ2n) is 2.66. The molecule has 0 heterocycles. The van der Waals surface area contributed by atoms with Crippen LogP contribution in [0, 0.1) is 6.92 Å². The Morgan fingerprint density at radius 1 is 1.46 bits per heavy atom. The van der Waals surface area contributed by atoms with Crippen LogP contribution in [0.15, 0.2) is 18.2 Å². The van der Waals surface area contributed by atoms with Gasteiger partial charge in [0.15, 0.2) is 0 Å². The number of aldehydes is 1. The third-order valence-corrected chi connectivity index (χ3v) is 1.87. The number of hydrogen-bond donors (Lipinski definition) is 1. The van der Waals surface area contributed by atoms with Crippen LogP contribution in [0.2, 0.25) is 5.02 Å². The second kappa shape index (κ2) is 4.10. The number of hydrogen-bond acceptors (Lipinski definition) is 2. The summed E-state index contributed by atoms with van der Waals surface area (Å²) in [6.07, 6.45) is 3.47. The average molecular weight is 197 g/mol. The van der Waals surface area contributed by atoms with Gasteiger partial charge in [-0.05, 0) is 36.8 Å². The van der Waals surface area contributed by atoms with E-state index < -0.39 is 0 Å². The third kappa shape index (κ3) is 2.33. The molecular weight excluding hydrogens is 188 g/mol. The molecule has 1 aromatic rings. The van der Waals surface area contributed by atoms with Crippen molar-refractivity contribution < 1.29 is 9.90 Å². The number of carbonyl (C=O) groups is 1. The molecule has 0 atom stereocenters. The highest BCUT2D eigenvalue weighted by Crippen LogP contribution is 2.27. The van der Waals surface area contributed by atoms with Crippen LogP contribution in [0.25, 0.3) is 6.08 Å². The number of phenolic OH excluding ortho intramolecular Hbond substituents is 1. The van der Waals surface area contributed by atoms with Crippen molar-refractivity contribution in [2.75, 3.05) is 0 Å². The molecule has 68 valence electrons. The zero-order chi connectivity index (χ0) is 9.84. The van der Waals surface area contributed by atoms with E-state index in [1.807, 2.05) is 0 Å². The van der Waals surface area contributed by atoms with E-state index in [4.69, 9.17) is 11.6 Å². The molecule has 1 rings (SSSR count). The van der Waals surface area contributed by atoms with E-state index in [0.29, 0.717) is 22.4 Å². The molecule has 0 saturated carbocycles. The maximum Gasteiger partial charge on any atom is 0.142 e. The number of rotatable bonds is 2. The average Bonchev–Trinajstić information content (AvgIpc) is 2.09. The maximum absolute atomic E-state index is 10.1. The van der Waals surface area contributed by atoms with Crippen LogP contribution in [-0.4, -0.2) is 11.4 Å². The standard InChI is InChI=1S/C10H9ClO2/c1-7-5-9(11)6-8(10(7)13)3-2-4-12/h2-6,13H,1H3/b3-2+. The first-order valence-corrected chi connectivity index (χ1v) is 4.14. The van der Waals surface area contributed by atoms with E-state index in [0.717, 1.165) is 0 Å². The van der Waals surface area contributed by atoms with E-state index in [2.05, 4.69) is 0 Å². The molecule has 2 nitrogen and oxygen atoms in total. The van der Waals surface area contributed by atoms with E-state index in [9.17, 15) is 9.90 Å². The van der Waals surface area contributed by atoms with Crippen molar-refractivity contribution in [2.45, 2.75) is 6.92 Å². The summed E-state index contributed by atoms with van der Waals surface area (Å²) in [7, 11) is 0. The van der Waals surface area contributed by atoms with Crippen LogP contribution in [0.5, 0.6) is 5.75 Å². The van der Waals surface area contributed by atoms with Crippen LogP contribution < -0.4 is 0 Å². The van der Waals surface area contributed by atoms with Crippen molar-refractivity contribution in [2.24, 2.45) is 0 Å². The Kier molecular flexibility index (Phi) is 3.09. The highest BCUT2D eigenvalue weighted by Gasteiger charge is 2.02. The minimum atomic E-state index is 0.155. The number of aromatic hydroxyl groups is 1. The molecule has 3 heteroatoms. The van der Waals surface area contributed by atoms with Crippen molar-refractivity contribution >= 4 is 24.0 Å². The Balaban J connectivity index is 3.19. The molecule has 0 fully saturated rings. The molecule has 0 saturated heterocycles. The number of carbonyl (C=O) groups excluding carboxylic acids is 1. The van der Waals surface area contributed by atoms with Gasteiger partial charge in [0.05, 0.1) is 0 Å². The minimum Gasteiger partial charge on any atom is -0.507 e. The van der Waals surface area contributed by atoms with Gasteiger partial charge in [0.1, 0.15) is 12.0 Å². The zero-order valence-corrected chi connectivity index (χ0v) is 7.88. The first-order valence-electron chi connectivity index (χ1n) is 3.76. The SMILES string of the molecule is Cc1cc(Cl)cc(/C=C/C=O)c1O. The Morgan fingerprint density at radius 3 is 2.77 bits per heavy atom. The van der Waals surface area contributed by atoms with Gasteiger partial charge >= 0.3 is 0 Å². The summed E-state index contributed by atoms with van der Waals surface area (Å²) >= 11 is 5.77. The minimum absolute atomic E-state index is 0.155. The topological polar surface area (TPSA) is 37.3 Å². The fraction of sp³-hybridized carbons (Fsp3) is 0.100. The molecule has 0 amide bonds. The summed E-state index contributed by atoms with van der Waals surface area (Å²) < 4.78 is 0. The number of aryl methyl sites for hydroxylation is 1. The lowest BCUT2D eigenvalue weighted by molar-refractivity contribution is -0.104. The van der Waals surface area contributed by atoms with E-state index in [1.54, 1.807) is 19.1 Å². The summed E-state index contributed by atoms with van der Waals surface area (Å²) in [4.78, 5) is 10.1. The fourth-order valence-electron chi connectivity index (χ4n) is 1.03. The molecule has 0 aliphatic rings. The Bertz CT molecular complexity index is 356. The lowest BCUT2D eigenvalue weighted by atomic mass is 10.1. The van der Waals surface area contributed by atoms with Gasteiger partial charge in [0, 0.05) is 10.6 Å². The van der Waals surface area contributed by atoms with Gasteiger partial charge in [-0.3, -0.25) is 4.79 Å². The van der Waals surface area contributed by atoms with Gasteiger partial charge in [-0.1, -0.05) is 11.6 Å². The first kappa shape index (κ1) is 9.81. The summed E-state index contributed by atoms with van der Waals surface area (Å²) in [5.74, 6) is 0.155. The lowest BCUT2D eigenvalue weighted by Crippen LogP contribution is -1.80. The van der Waals surface area contributed by atoms with Gasteiger partial charge in [0.2, 0.25) is 0 Å². The maximum atomic E-state index is 10.1. The number of halogens is 1. The molecule has 0 aliphatic heterocycles. The van der Waals surface area contributed by atoms with Crippen LogP contribution in [-0.2, 0) is 4.79 Å². The van der Waals surface area contributed by atoms with E-state index in [-0.39, 0.29) is 5.75 Å². The smallest absolute Gasteiger partial charge is 0.142 e. The fourth-order valence-corrected chi connectivity index (χ4v) is 1.31. The molecule has 13 heavy (non-hydrogen) atoms. The summed E-state index contributed by atoms with van der Waals surface area (Å²) in [5, 5.41) is 10.1. The number of allylic oxidation sites excluding steroid dienone is 1. The molecule has 0 spiro atoms. The third-order valence-electron chi connectivity index (χ3n) is 1.65. The quantitative estimate of drug-likeness (QED) is 0.583. The number of phenols is 1. The van der Waals surface area contributed by atoms with Crippen molar-refractivity contribution in [1.82, 2.24) is 0 Å². The molecule has 1 N–H and O–H groups in total. The van der Waals surface area contributed by atoms with Gasteiger partial charge in [0.25, 0.3) is 0 Å². The van der Waals surface area contributed by atoms with E-state index >= 15 is 0 Å². The van der Waals surface area contributed by atoms with Gasteiger partial charge < -0.3 is 5.11 Å². The molecule has 0 bridgehead atoms.